The van der Waals surface area contributed by atoms with Gasteiger partial charge in [-0.05, 0) is 34.8 Å². The molecule has 6 heteroatoms. The molecule has 2 aromatic carbocycles. The largest absolute Gasteiger partial charge is 0.449 e. The molecule has 0 saturated heterocycles. The predicted molar refractivity (Wildman–Crippen MR) is 117 cm³/mol. The fourth-order valence-electron chi connectivity index (χ4n) is 3.13. The Morgan fingerprint density at radius 2 is 1.90 bits per heavy atom. The molecule has 0 aliphatic carbocycles. The van der Waals surface area contributed by atoms with Gasteiger partial charge in [0.25, 0.3) is 5.91 Å². The normalized spacial score (nSPS) is 15.0. The molecular formula is C24H28N2O4. The summed E-state index contributed by atoms with van der Waals surface area (Å²) in [7, 11) is 1.57. The highest BCUT2D eigenvalue weighted by Gasteiger charge is 2.32. The number of ether oxygens (including phenoxy) is 2. The highest BCUT2D eigenvalue weighted by Crippen LogP contribution is 2.39. The molecule has 158 valence electrons. The second kappa shape index (κ2) is 9.13. The van der Waals surface area contributed by atoms with Gasteiger partial charge in [-0.2, -0.15) is 0 Å². The third-order valence-corrected chi connectivity index (χ3v) is 4.82. The summed E-state index contributed by atoms with van der Waals surface area (Å²) in [5.41, 5.74) is 2.39. The summed E-state index contributed by atoms with van der Waals surface area (Å²) in [6.07, 6.45) is 1.69. The first-order valence-electron chi connectivity index (χ1n) is 9.96. The minimum Gasteiger partial charge on any atom is -0.449 e. The van der Waals surface area contributed by atoms with Crippen LogP contribution in [0.25, 0.3) is 6.08 Å². The summed E-state index contributed by atoms with van der Waals surface area (Å²) >= 11 is 0. The summed E-state index contributed by atoms with van der Waals surface area (Å²) in [4.78, 5) is 27.2. The summed E-state index contributed by atoms with van der Waals surface area (Å²) in [5.74, 6) is 0.129. The number of hydrogen-bond acceptors (Lipinski definition) is 4. The van der Waals surface area contributed by atoms with Crippen LogP contribution >= 0.6 is 0 Å². The summed E-state index contributed by atoms with van der Waals surface area (Å²) in [5, 5.41) is 2.77. The second-order valence-electron chi connectivity index (χ2n) is 8.19. The fraction of sp³-hybridized carbons (Fsp3) is 0.333. The number of hydrogen-bond donors (Lipinski definition) is 1. The van der Waals surface area contributed by atoms with Gasteiger partial charge in [0, 0.05) is 13.7 Å². The lowest BCUT2D eigenvalue weighted by Gasteiger charge is -2.32. The Morgan fingerprint density at radius 3 is 2.57 bits per heavy atom. The first-order valence-corrected chi connectivity index (χ1v) is 9.96. The number of methoxy groups -OCH3 is 1. The van der Waals surface area contributed by atoms with E-state index < -0.39 is 0 Å². The van der Waals surface area contributed by atoms with E-state index in [0.717, 1.165) is 11.1 Å². The van der Waals surface area contributed by atoms with Crippen molar-refractivity contribution in [2.75, 3.05) is 31.7 Å². The molecule has 0 fully saturated rings. The quantitative estimate of drug-likeness (QED) is 0.587. The molecule has 1 N–H and O–H groups in total. The number of amides is 2. The number of anilines is 1. The topological polar surface area (TPSA) is 67.9 Å². The summed E-state index contributed by atoms with van der Waals surface area (Å²) < 4.78 is 10.9. The van der Waals surface area contributed by atoms with Gasteiger partial charge in [-0.3, -0.25) is 14.5 Å². The molecule has 1 heterocycles. The van der Waals surface area contributed by atoms with E-state index >= 15 is 0 Å². The number of rotatable bonds is 6. The standard InChI is InChI=1S/C24H28N2O4/c1-24(2,3)18-10-11-20-19(15-18)26(16-22(27)25-12-13-29-4)23(28)21(30-20)14-17-8-6-5-7-9-17/h5-11,14-15H,12-13,16H2,1-4H3,(H,25,27)/b21-14-. The van der Waals surface area contributed by atoms with Crippen molar-refractivity contribution in [1.82, 2.24) is 5.32 Å². The van der Waals surface area contributed by atoms with Crippen LogP contribution in [0.5, 0.6) is 5.75 Å². The van der Waals surface area contributed by atoms with Crippen LogP contribution < -0.4 is 15.0 Å². The average Bonchev–Trinajstić information content (AvgIpc) is 2.71. The van der Waals surface area contributed by atoms with Crippen LogP contribution in [0.2, 0.25) is 0 Å². The maximum absolute atomic E-state index is 13.2. The van der Waals surface area contributed by atoms with E-state index in [0.29, 0.717) is 24.6 Å². The van der Waals surface area contributed by atoms with E-state index in [1.54, 1.807) is 13.2 Å². The van der Waals surface area contributed by atoms with Crippen molar-refractivity contribution in [1.29, 1.82) is 0 Å². The number of nitrogens with one attached hydrogen (secondary N) is 1. The van der Waals surface area contributed by atoms with E-state index in [9.17, 15) is 9.59 Å². The van der Waals surface area contributed by atoms with Gasteiger partial charge >= 0.3 is 0 Å². The third kappa shape index (κ3) is 5.07. The Balaban J connectivity index is 1.97. The van der Waals surface area contributed by atoms with Gasteiger partial charge in [0.05, 0.1) is 12.3 Å². The van der Waals surface area contributed by atoms with Crippen LogP contribution in [-0.4, -0.2) is 38.6 Å². The van der Waals surface area contributed by atoms with Gasteiger partial charge in [0.2, 0.25) is 5.91 Å². The molecule has 0 radical (unpaired) electrons. The lowest BCUT2D eigenvalue weighted by atomic mass is 9.86. The summed E-state index contributed by atoms with van der Waals surface area (Å²) in [6, 6.07) is 15.3. The monoisotopic (exact) mass is 408 g/mol. The molecule has 0 spiro atoms. The zero-order valence-electron chi connectivity index (χ0n) is 17.9. The van der Waals surface area contributed by atoms with Crippen LogP contribution in [0, 0.1) is 0 Å². The molecule has 0 saturated carbocycles. The molecule has 0 bridgehead atoms. The predicted octanol–water partition coefficient (Wildman–Crippen LogP) is 3.51. The molecule has 1 aliphatic rings. The van der Waals surface area contributed by atoms with Crippen LogP contribution in [0.1, 0.15) is 31.9 Å². The van der Waals surface area contributed by atoms with E-state index in [4.69, 9.17) is 9.47 Å². The number of carbonyl (C=O) groups excluding carboxylic acids is 2. The number of fused-ring (bicyclic) bond motifs is 1. The molecule has 30 heavy (non-hydrogen) atoms. The Labute approximate surface area is 177 Å². The number of benzene rings is 2. The van der Waals surface area contributed by atoms with Crippen molar-refractivity contribution in [3.05, 3.63) is 65.4 Å². The highest BCUT2D eigenvalue weighted by atomic mass is 16.5. The van der Waals surface area contributed by atoms with Crippen molar-refractivity contribution in [2.24, 2.45) is 0 Å². The minimum absolute atomic E-state index is 0.0986. The van der Waals surface area contributed by atoms with Gasteiger partial charge in [-0.1, -0.05) is 57.2 Å². The maximum atomic E-state index is 13.2. The SMILES string of the molecule is COCCNC(=O)CN1C(=O)/C(=C/c2ccccc2)Oc2ccc(C(C)(C)C)cc21. The molecule has 0 unspecified atom stereocenters. The first kappa shape index (κ1) is 21.6. The van der Waals surface area contributed by atoms with Crippen LogP contribution in [0.3, 0.4) is 0 Å². The lowest BCUT2D eigenvalue weighted by molar-refractivity contribution is -0.123. The summed E-state index contributed by atoms with van der Waals surface area (Å²) in [6.45, 7) is 7.00. The smallest absolute Gasteiger partial charge is 0.294 e. The van der Waals surface area contributed by atoms with Crippen molar-refractivity contribution >= 4 is 23.6 Å². The lowest BCUT2D eigenvalue weighted by Crippen LogP contribution is -2.44. The number of carbonyl (C=O) groups is 2. The van der Waals surface area contributed by atoms with Gasteiger partial charge in [0.15, 0.2) is 11.5 Å². The van der Waals surface area contributed by atoms with E-state index in [1.807, 2.05) is 48.5 Å². The molecule has 2 aromatic rings. The van der Waals surface area contributed by atoms with Crippen molar-refractivity contribution in [3.8, 4) is 5.75 Å². The maximum Gasteiger partial charge on any atom is 0.294 e. The number of nitrogens with zero attached hydrogens (tertiary/aromatic N) is 1. The van der Waals surface area contributed by atoms with Crippen LogP contribution in [-0.2, 0) is 19.7 Å². The molecule has 1 aliphatic heterocycles. The van der Waals surface area contributed by atoms with E-state index in [1.165, 1.54) is 4.90 Å². The molecular weight excluding hydrogens is 380 g/mol. The second-order valence-corrected chi connectivity index (χ2v) is 8.19. The van der Waals surface area contributed by atoms with Gasteiger partial charge in [-0.15, -0.1) is 0 Å². The molecule has 2 amide bonds. The van der Waals surface area contributed by atoms with Crippen molar-refractivity contribution < 1.29 is 19.1 Å². The zero-order chi connectivity index (χ0) is 21.7. The van der Waals surface area contributed by atoms with Crippen LogP contribution in [0.4, 0.5) is 5.69 Å². The van der Waals surface area contributed by atoms with Crippen molar-refractivity contribution in [3.63, 3.8) is 0 Å². The van der Waals surface area contributed by atoms with Crippen molar-refractivity contribution in [2.45, 2.75) is 26.2 Å². The Bertz CT molecular complexity index is 945. The Kier molecular flexibility index (Phi) is 6.57. The molecule has 0 aromatic heterocycles. The zero-order valence-corrected chi connectivity index (χ0v) is 17.9. The molecule has 0 atom stereocenters. The fourth-order valence-corrected chi connectivity index (χ4v) is 3.13. The molecule has 3 rings (SSSR count). The van der Waals surface area contributed by atoms with E-state index in [-0.39, 0.29) is 29.5 Å². The van der Waals surface area contributed by atoms with Gasteiger partial charge < -0.3 is 14.8 Å². The molecule has 6 nitrogen and oxygen atoms in total. The Hall–Kier alpha value is -3.12. The Morgan fingerprint density at radius 1 is 1.17 bits per heavy atom. The first-order chi connectivity index (χ1) is 14.3. The third-order valence-electron chi connectivity index (χ3n) is 4.82. The van der Waals surface area contributed by atoms with Crippen LogP contribution in [0.15, 0.2) is 54.3 Å². The minimum atomic E-state index is -0.348. The highest BCUT2D eigenvalue weighted by molar-refractivity contribution is 6.12. The van der Waals surface area contributed by atoms with Gasteiger partial charge in [0.1, 0.15) is 6.54 Å². The van der Waals surface area contributed by atoms with E-state index in [2.05, 4.69) is 26.1 Å². The van der Waals surface area contributed by atoms with Gasteiger partial charge in [-0.25, -0.2) is 0 Å². The average molecular weight is 408 g/mol.